The molecule has 1 aromatic carbocycles. The van der Waals surface area contributed by atoms with Gasteiger partial charge in [0.15, 0.2) is 0 Å². The van der Waals surface area contributed by atoms with Gasteiger partial charge in [0.25, 0.3) is 0 Å². The number of benzene rings is 1. The van der Waals surface area contributed by atoms with Crippen molar-refractivity contribution in [2.75, 3.05) is 0 Å². The first kappa shape index (κ1) is 23.7. The van der Waals surface area contributed by atoms with Crippen LogP contribution in [0.15, 0.2) is 48.7 Å². The van der Waals surface area contributed by atoms with Crippen LogP contribution in [0.3, 0.4) is 0 Å². The summed E-state index contributed by atoms with van der Waals surface area (Å²) in [7, 11) is 1.53. The predicted molar refractivity (Wildman–Crippen MR) is 126 cm³/mol. The molecule has 0 spiro atoms. The lowest BCUT2D eigenvalue weighted by Gasteiger charge is -2.25. The van der Waals surface area contributed by atoms with Crippen molar-refractivity contribution in [1.82, 2.24) is 9.55 Å². The van der Waals surface area contributed by atoms with E-state index in [1.807, 2.05) is 19.1 Å². The van der Waals surface area contributed by atoms with Crippen LogP contribution >= 0.6 is 11.3 Å². The van der Waals surface area contributed by atoms with E-state index >= 15 is 17.6 Å². The molecule has 0 amide bonds. The van der Waals surface area contributed by atoms with Gasteiger partial charge in [0.05, 0.1) is 0 Å². The van der Waals surface area contributed by atoms with Crippen molar-refractivity contribution in [1.29, 1.82) is 0 Å². The Kier molecular flexibility index (Phi) is 5.05. The largest absolute Gasteiger partial charge is 0.380 e. The third kappa shape index (κ3) is 3.06. The quantitative estimate of drug-likeness (QED) is 0.257. The number of halogens is 6. The molecule has 35 heavy (non-hydrogen) atoms. The van der Waals surface area contributed by atoms with Gasteiger partial charge in [-0.25, -0.2) is 4.98 Å². The number of pyridine rings is 1. The average molecular weight is 507 g/mol. The van der Waals surface area contributed by atoms with E-state index in [2.05, 4.69) is 4.98 Å². The second-order valence-electron chi connectivity index (χ2n) is 8.81. The highest BCUT2D eigenvalue weighted by Gasteiger charge is 2.80. The van der Waals surface area contributed by atoms with Crippen molar-refractivity contribution in [3.05, 3.63) is 75.9 Å². The van der Waals surface area contributed by atoms with Gasteiger partial charge in [0.1, 0.15) is 5.65 Å². The second-order valence-corrected chi connectivity index (χ2v) is 10.1. The Morgan fingerprint density at radius 1 is 0.857 bits per heavy atom. The molecule has 182 valence electrons. The number of aromatic nitrogens is 2. The molecule has 9 heteroatoms. The van der Waals surface area contributed by atoms with Crippen LogP contribution in [-0.2, 0) is 7.05 Å². The summed E-state index contributed by atoms with van der Waals surface area (Å²) in [5.41, 5.74) is -1.28. The number of hydrogen-bond acceptors (Lipinski definition) is 2. The molecule has 5 rings (SSSR count). The van der Waals surface area contributed by atoms with Crippen molar-refractivity contribution < 1.29 is 26.3 Å². The third-order valence-electron chi connectivity index (χ3n) is 6.68. The molecule has 3 heterocycles. The topological polar surface area (TPSA) is 17.8 Å². The zero-order valence-corrected chi connectivity index (χ0v) is 20.0. The van der Waals surface area contributed by atoms with Crippen LogP contribution in [-0.4, -0.2) is 27.3 Å². The van der Waals surface area contributed by atoms with Crippen LogP contribution in [0.5, 0.6) is 0 Å². The fourth-order valence-corrected chi connectivity index (χ4v) is 5.73. The zero-order chi connectivity index (χ0) is 25.5. The number of allylic oxidation sites excluding steroid dienone is 2. The maximum atomic E-state index is 15.4. The van der Waals surface area contributed by atoms with Gasteiger partial charge in [0.2, 0.25) is 0 Å². The maximum Gasteiger partial charge on any atom is 0.380 e. The SMILES string of the molecule is Cc1ccc(-c2cc(C3=C(c4c(C)n(C)c5ncccc45)C(F)(F)C(F)(F)C3(F)F)c(C)s2)cc1. The standard InChI is InChI=1S/C26H20F6N2S/c1-13-7-9-16(10-8-13)19-12-18(15(3)35-19)21-22(25(29,30)26(31,32)24(21,27)28)20-14(2)34(4)23-17(20)6-5-11-33-23/h5-12H,1-4H3. The molecule has 1 aliphatic rings. The minimum absolute atomic E-state index is 0.111. The summed E-state index contributed by atoms with van der Waals surface area (Å²) in [6.07, 6.45) is 1.42. The molecule has 0 atom stereocenters. The van der Waals surface area contributed by atoms with Crippen molar-refractivity contribution >= 4 is 33.5 Å². The van der Waals surface area contributed by atoms with E-state index in [0.29, 0.717) is 10.4 Å². The van der Waals surface area contributed by atoms with E-state index in [0.717, 1.165) is 16.9 Å². The predicted octanol–water partition coefficient (Wildman–Crippen LogP) is 8.06. The van der Waals surface area contributed by atoms with E-state index < -0.39 is 28.9 Å². The lowest BCUT2D eigenvalue weighted by atomic mass is 9.93. The first-order valence-corrected chi connectivity index (χ1v) is 11.6. The highest BCUT2D eigenvalue weighted by Crippen LogP contribution is 2.66. The number of fused-ring (bicyclic) bond motifs is 1. The lowest BCUT2D eigenvalue weighted by molar-refractivity contribution is -0.254. The number of thiophene rings is 1. The molecule has 0 unspecified atom stereocenters. The summed E-state index contributed by atoms with van der Waals surface area (Å²) < 4.78 is 92.7. The fraction of sp³-hybridized carbons (Fsp3) is 0.269. The van der Waals surface area contributed by atoms with E-state index in [4.69, 9.17) is 0 Å². The Morgan fingerprint density at radius 2 is 1.49 bits per heavy atom. The van der Waals surface area contributed by atoms with Crippen molar-refractivity contribution in [2.45, 2.75) is 38.5 Å². The van der Waals surface area contributed by atoms with E-state index in [1.54, 1.807) is 12.1 Å². The summed E-state index contributed by atoms with van der Waals surface area (Å²) in [6.45, 7) is 4.80. The minimum Gasteiger partial charge on any atom is -0.332 e. The van der Waals surface area contributed by atoms with Gasteiger partial charge in [-0.3, -0.25) is 0 Å². The number of rotatable bonds is 3. The monoisotopic (exact) mass is 506 g/mol. The third-order valence-corrected chi connectivity index (χ3v) is 7.78. The summed E-state index contributed by atoms with van der Waals surface area (Å²) in [4.78, 5) is 4.91. The van der Waals surface area contributed by atoms with Gasteiger partial charge in [-0.05, 0) is 50.1 Å². The summed E-state index contributed by atoms with van der Waals surface area (Å²) in [5.74, 6) is -15.8. The Labute approximate surface area is 201 Å². The molecule has 0 saturated carbocycles. The van der Waals surface area contributed by atoms with Gasteiger partial charge in [-0.15, -0.1) is 11.3 Å². The molecular weight excluding hydrogens is 486 g/mol. The molecular formula is C26H20F6N2S. The van der Waals surface area contributed by atoms with Crippen LogP contribution in [0.25, 0.3) is 32.6 Å². The van der Waals surface area contributed by atoms with Gasteiger partial charge >= 0.3 is 17.8 Å². The summed E-state index contributed by atoms with van der Waals surface area (Å²) >= 11 is 1.10. The Balaban J connectivity index is 1.88. The first-order valence-electron chi connectivity index (χ1n) is 10.8. The normalized spacial score (nSPS) is 18.6. The van der Waals surface area contributed by atoms with Crippen LogP contribution in [0.4, 0.5) is 26.3 Å². The Morgan fingerprint density at radius 3 is 2.14 bits per heavy atom. The molecule has 3 aromatic heterocycles. The van der Waals surface area contributed by atoms with E-state index in [-0.39, 0.29) is 32.7 Å². The molecule has 0 aliphatic heterocycles. The number of nitrogens with zero attached hydrogens (tertiary/aromatic N) is 2. The summed E-state index contributed by atoms with van der Waals surface area (Å²) in [6, 6.07) is 11.4. The van der Waals surface area contributed by atoms with Gasteiger partial charge < -0.3 is 4.57 Å². The maximum absolute atomic E-state index is 15.4. The molecule has 1 aliphatic carbocycles. The fourth-order valence-electron chi connectivity index (χ4n) is 4.70. The lowest BCUT2D eigenvalue weighted by Crippen LogP contribution is -2.48. The number of hydrogen-bond donors (Lipinski definition) is 0. The zero-order valence-electron chi connectivity index (χ0n) is 19.2. The molecule has 2 nitrogen and oxygen atoms in total. The summed E-state index contributed by atoms with van der Waals surface area (Å²) in [5, 5.41) is 0.111. The van der Waals surface area contributed by atoms with Crippen LogP contribution in [0.2, 0.25) is 0 Å². The van der Waals surface area contributed by atoms with Crippen molar-refractivity contribution in [3.8, 4) is 10.4 Å². The molecule has 0 radical (unpaired) electrons. The van der Waals surface area contributed by atoms with Gasteiger partial charge in [-0.1, -0.05) is 29.8 Å². The smallest absolute Gasteiger partial charge is 0.332 e. The van der Waals surface area contributed by atoms with Crippen molar-refractivity contribution in [2.24, 2.45) is 7.05 Å². The Bertz CT molecular complexity index is 1510. The van der Waals surface area contributed by atoms with Gasteiger partial charge in [-0.2, -0.15) is 26.3 Å². The van der Waals surface area contributed by atoms with Crippen molar-refractivity contribution in [3.63, 3.8) is 0 Å². The first-order chi connectivity index (χ1) is 16.3. The van der Waals surface area contributed by atoms with Crippen LogP contribution in [0, 0.1) is 20.8 Å². The van der Waals surface area contributed by atoms with Crippen LogP contribution in [0.1, 0.15) is 27.3 Å². The Hall–Kier alpha value is -3.07. The molecule has 0 saturated heterocycles. The molecule has 0 bridgehead atoms. The number of alkyl halides is 6. The average Bonchev–Trinajstić information content (AvgIpc) is 3.32. The molecule has 0 fully saturated rings. The highest BCUT2D eigenvalue weighted by molar-refractivity contribution is 7.15. The minimum atomic E-state index is -5.61. The number of aryl methyl sites for hydroxylation is 3. The van der Waals surface area contributed by atoms with Crippen LogP contribution < -0.4 is 0 Å². The molecule has 0 N–H and O–H groups in total. The van der Waals surface area contributed by atoms with E-state index in [1.165, 1.54) is 49.9 Å². The highest BCUT2D eigenvalue weighted by atomic mass is 32.1. The van der Waals surface area contributed by atoms with E-state index in [9.17, 15) is 8.78 Å². The van der Waals surface area contributed by atoms with Gasteiger partial charge in [0, 0.05) is 50.8 Å². The second kappa shape index (κ2) is 7.46. The molecule has 4 aromatic rings.